The zero-order chi connectivity index (χ0) is 26.9. The van der Waals surface area contributed by atoms with Crippen molar-refractivity contribution < 1.29 is 23.9 Å². The zero-order valence-electron chi connectivity index (χ0n) is 23.0. The maximum atomic E-state index is 14.2. The van der Waals surface area contributed by atoms with Crippen molar-refractivity contribution in [2.24, 2.45) is 11.8 Å². The van der Waals surface area contributed by atoms with Crippen molar-refractivity contribution in [1.29, 1.82) is 0 Å². The number of quaternary nitrogens is 1. The Kier molecular flexibility index (Phi) is 7.88. The number of amides is 1. The van der Waals surface area contributed by atoms with E-state index < -0.39 is 6.16 Å². The minimum absolute atomic E-state index is 0.0145. The molecule has 1 amide bonds. The van der Waals surface area contributed by atoms with E-state index in [4.69, 9.17) is 9.84 Å². The van der Waals surface area contributed by atoms with E-state index in [1.54, 1.807) is 6.07 Å². The molecule has 37 heavy (non-hydrogen) atoms. The number of piperidine rings is 1. The molecule has 1 aromatic carbocycles. The fourth-order valence-corrected chi connectivity index (χ4v) is 6.11. The van der Waals surface area contributed by atoms with Crippen molar-refractivity contribution >= 4 is 17.9 Å². The van der Waals surface area contributed by atoms with Gasteiger partial charge in [0.2, 0.25) is 0 Å². The van der Waals surface area contributed by atoms with E-state index in [9.17, 15) is 9.59 Å². The van der Waals surface area contributed by atoms with Crippen molar-refractivity contribution in [2.45, 2.75) is 78.8 Å². The molecular weight excluding hydrogens is 468 g/mol. The third-order valence-electron chi connectivity index (χ3n) is 8.69. The molecule has 8 nitrogen and oxygen atoms in total. The fraction of sp³-hybridized carbons (Fsp3) is 0.586. The van der Waals surface area contributed by atoms with Crippen molar-refractivity contribution in [3.05, 3.63) is 46.9 Å². The quantitative estimate of drug-likeness (QED) is 0.301. The first-order valence-corrected chi connectivity index (χ1v) is 13.5. The lowest BCUT2D eigenvalue weighted by Gasteiger charge is -2.47. The van der Waals surface area contributed by atoms with Crippen molar-refractivity contribution in [1.82, 2.24) is 9.97 Å². The van der Waals surface area contributed by atoms with E-state index in [1.807, 2.05) is 32.0 Å². The van der Waals surface area contributed by atoms with Crippen LogP contribution < -0.4 is 9.64 Å². The van der Waals surface area contributed by atoms with Gasteiger partial charge in [0.05, 0.1) is 19.5 Å². The number of carboxylic acid groups (broad SMARTS) is 1. The highest BCUT2D eigenvalue weighted by Crippen LogP contribution is 2.45. The number of ether oxygens (including phenoxy) is 1. The van der Waals surface area contributed by atoms with E-state index in [0.29, 0.717) is 28.5 Å². The molecule has 2 aromatic rings. The number of carbonyl (C=O) groups excluding carboxylic acids is 1. The molecule has 1 saturated heterocycles. The molecule has 2 aliphatic rings. The van der Waals surface area contributed by atoms with Crippen LogP contribution in [0, 0.1) is 25.7 Å². The molecule has 0 spiro atoms. The first kappa shape index (κ1) is 27.0. The van der Waals surface area contributed by atoms with Gasteiger partial charge in [0.1, 0.15) is 23.4 Å². The number of fused-ring (bicyclic) bond motifs is 1. The second-order valence-corrected chi connectivity index (χ2v) is 11.4. The number of hydrogen-bond acceptors (Lipinski definition) is 6. The second kappa shape index (κ2) is 10.8. The minimum Gasteiger partial charge on any atom is -0.449 e. The summed E-state index contributed by atoms with van der Waals surface area (Å²) in [6, 6.07) is 7.71. The molecular formula is C29H41N4O4+. The summed E-state index contributed by atoms with van der Waals surface area (Å²) in [5.74, 6) is 3.04. The Morgan fingerprint density at radius 1 is 1.11 bits per heavy atom. The summed E-state index contributed by atoms with van der Waals surface area (Å²) in [5, 5.41) is 9.14. The van der Waals surface area contributed by atoms with Gasteiger partial charge in [-0.05, 0) is 49.8 Å². The Morgan fingerprint density at radius 3 is 2.43 bits per heavy atom. The summed E-state index contributed by atoms with van der Waals surface area (Å²) < 4.78 is 5.35. The number of carbonyl (C=O) groups is 2. The van der Waals surface area contributed by atoms with Gasteiger partial charge in [-0.25, -0.2) is 19.6 Å². The number of nitrogens with zero attached hydrogens (tertiary/aromatic N) is 4. The zero-order valence-corrected chi connectivity index (χ0v) is 23.0. The maximum Gasteiger partial charge on any atom is 0.511 e. The van der Waals surface area contributed by atoms with Crippen LogP contribution in [0.4, 0.5) is 10.6 Å². The molecule has 3 atom stereocenters. The van der Waals surface area contributed by atoms with Crippen LogP contribution >= 0.6 is 0 Å². The van der Waals surface area contributed by atoms with Gasteiger partial charge in [-0.2, -0.15) is 0 Å². The highest BCUT2D eigenvalue weighted by Gasteiger charge is 2.50. The normalized spacial score (nSPS) is 20.4. The van der Waals surface area contributed by atoms with E-state index in [-0.39, 0.29) is 18.0 Å². The van der Waals surface area contributed by atoms with E-state index >= 15 is 0 Å². The smallest absolute Gasteiger partial charge is 0.449 e. The van der Waals surface area contributed by atoms with E-state index in [2.05, 4.69) is 42.7 Å². The Morgan fingerprint density at radius 2 is 1.81 bits per heavy atom. The SMILES string of the molecule is Cc1cc(N2CCC([N+](C)(C(=O)CC(C)C(C)C)[C@@H]3CCc4ccc(OC(=O)O)cc43)CC2)nc(C)n1. The van der Waals surface area contributed by atoms with Crippen LogP contribution in [-0.4, -0.2) is 57.8 Å². The van der Waals surface area contributed by atoms with Crippen LogP contribution in [0.25, 0.3) is 0 Å². The Balaban J connectivity index is 1.64. The molecule has 4 rings (SSSR count). The van der Waals surface area contributed by atoms with Gasteiger partial charge in [-0.3, -0.25) is 4.48 Å². The van der Waals surface area contributed by atoms with Crippen molar-refractivity contribution in [3.8, 4) is 5.75 Å². The molecule has 1 fully saturated rings. The number of hydrogen-bond donors (Lipinski definition) is 1. The second-order valence-electron chi connectivity index (χ2n) is 11.4. The lowest BCUT2D eigenvalue weighted by atomic mass is 9.90. The van der Waals surface area contributed by atoms with Crippen LogP contribution in [-0.2, 0) is 11.2 Å². The molecule has 0 radical (unpaired) electrons. The van der Waals surface area contributed by atoms with Gasteiger partial charge in [-0.15, -0.1) is 0 Å². The number of aryl methyl sites for hydroxylation is 3. The monoisotopic (exact) mass is 509 g/mol. The highest BCUT2D eigenvalue weighted by molar-refractivity contribution is 5.70. The lowest BCUT2D eigenvalue weighted by Crippen LogP contribution is -2.61. The van der Waals surface area contributed by atoms with Crippen LogP contribution in [0.3, 0.4) is 0 Å². The van der Waals surface area contributed by atoms with Crippen LogP contribution in [0.15, 0.2) is 24.3 Å². The van der Waals surface area contributed by atoms with E-state index in [1.165, 1.54) is 5.56 Å². The molecule has 200 valence electrons. The molecule has 1 aliphatic heterocycles. The van der Waals surface area contributed by atoms with Crippen molar-refractivity contribution in [3.63, 3.8) is 0 Å². The third kappa shape index (κ3) is 5.64. The summed E-state index contributed by atoms with van der Waals surface area (Å²) in [6.07, 6.45) is 2.74. The summed E-state index contributed by atoms with van der Waals surface area (Å²) in [4.78, 5) is 36.8. The van der Waals surface area contributed by atoms with Crippen LogP contribution in [0.1, 0.15) is 75.1 Å². The summed E-state index contributed by atoms with van der Waals surface area (Å²) in [5.41, 5.74) is 3.20. The lowest BCUT2D eigenvalue weighted by molar-refractivity contribution is -0.892. The molecule has 1 aliphatic carbocycles. The minimum atomic E-state index is -1.32. The van der Waals surface area contributed by atoms with Gasteiger partial charge in [-0.1, -0.05) is 26.8 Å². The average molecular weight is 510 g/mol. The molecule has 2 unspecified atom stereocenters. The number of anilines is 1. The molecule has 0 bridgehead atoms. The van der Waals surface area contributed by atoms with Gasteiger partial charge in [0.25, 0.3) is 0 Å². The van der Waals surface area contributed by atoms with Gasteiger partial charge in [0, 0.05) is 49.7 Å². The predicted octanol–water partition coefficient (Wildman–Crippen LogP) is 5.46. The Labute approximate surface area is 220 Å². The maximum absolute atomic E-state index is 14.2. The van der Waals surface area contributed by atoms with E-state index in [0.717, 1.165) is 61.7 Å². The number of aromatic nitrogens is 2. The van der Waals surface area contributed by atoms with Crippen LogP contribution in [0.5, 0.6) is 5.75 Å². The third-order valence-corrected chi connectivity index (χ3v) is 8.69. The number of benzene rings is 1. The average Bonchev–Trinajstić information content (AvgIpc) is 3.26. The number of rotatable bonds is 7. The summed E-state index contributed by atoms with van der Waals surface area (Å²) >= 11 is 0. The van der Waals surface area contributed by atoms with Gasteiger partial charge >= 0.3 is 12.1 Å². The first-order chi connectivity index (χ1) is 17.5. The van der Waals surface area contributed by atoms with Crippen LogP contribution in [0.2, 0.25) is 0 Å². The Hall–Kier alpha value is -3.00. The van der Waals surface area contributed by atoms with Crippen molar-refractivity contribution in [2.75, 3.05) is 25.0 Å². The molecule has 2 heterocycles. The predicted molar refractivity (Wildman–Crippen MR) is 143 cm³/mol. The fourth-order valence-electron chi connectivity index (χ4n) is 6.11. The topological polar surface area (TPSA) is 92.6 Å². The first-order valence-electron chi connectivity index (χ1n) is 13.5. The highest BCUT2D eigenvalue weighted by atomic mass is 16.7. The summed E-state index contributed by atoms with van der Waals surface area (Å²) in [6.45, 7) is 12.1. The van der Waals surface area contributed by atoms with Gasteiger partial charge in [0.15, 0.2) is 0 Å². The molecule has 8 heteroatoms. The molecule has 1 N–H and O–H groups in total. The molecule has 1 aromatic heterocycles. The Bertz CT molecular complexity index is 1140. The molecule has 0 saturated carbocycles. The summed E-state index contributed by atoms with van der Waals surface area (Å²) in [7, 11) is 2.12. The standard InChI is InChI=1S/C29H40N4O4/c1-18(2)19(3)15-28(34)33(6,26-10-8-22-7-9-24(17-25(22)26)37-29(35)36)23-11-13-32(14-12-23)27-16-20(4)30-21(5)31-27/h7,9,16-19,23,26H,8,10-15H2,1-6H3/p+1/t19?,26-,33?/m1/s1. The largest absolute Gasteiger partial charge is 0.511 e. The van der Waals surface area contributed by atoms with Gasteiger partial charge < -0.3 is 14.7 Å².